The van der Waals surface area contributed by atoms with Gasteiger partial charge >= 0.3 is 11.9 Å². The fraction of sp³-hybridized carbons (Fsp3) is 0.263. The van der Waals surface area contributed by atoms with Crippen LogP contribution in [0.15, 0.2) is 54.6 Å². The summed E-state index contributed by atoms with van der Waals surface area (Å²) < 4.78 is 0. The number of aliphatic carboxylic acids is 2. The summed E-state index contributed by atoms with van der Waals surface area (Å²) in [4.78, 5) is 30.9. The molecule has 0 saturated carbocycles. The molecular weight excluding hydrogens is 366 g/mol. The number of non-ortho nitro benzene ring substituents is 1. The van der Waals surface area contributed by atoms with Gasteiger partial charge in [0.2, 0.25) is 0 Å². The Bertz CT molecular complexity index is 780. The molecule has 9 heteroatoms. The normalized spacial score (nSPS) is 12.2. The number of likely N-dealkylation sites (N-methyl/N-ethyl adjacent to an activating group) is 1. The van der Waals surface area contributed by atoms with Crippen molar-refractivity contribution in [3.8, 4) is 0 Å². The number of rotatable bonds is 8. The standard InChI is InChI=1S/C10H13NO2.C9H10N2O4/c1-11-9(10(12)13)7-8-5-3-2-4-6-8;10-8(9(12)13)5-6-1-3-7(4-2-6)11(14)15/h2-6,9,11H,7H2,1H3,(H,12,13);1-4,8H,5,10H2,(H,12,13)/t9-;8-/m00/s1. The highest BCUT2D eigenvalue weighted by Gasteiger charge is 2.14. The molecule has 0 aliphatic heterocycles. The van der Waals surface area contributed by atoms with E-state index in [0.717, 1.165) is 5.56 Å². The van der Waals surface area contributed by atoms with Crippen LogP contribution in [0.4, 0.5) is 5.69 Å². The first-order valence-corrected chi connectivity index (χ1v) is 8.40. The molecule has 0 aliphatic rings. The molecule has 0 spiro atoms. The van der Waals surface area contributed by atoms with Gasteiger partial charge in [-0.2, -0.15) is 0 Å². The second-order valence-corrected chi connectivity index (χ2v) is 5.94. The molecule has 2 rings (SSSR count). The summed E-state index contributed by atoms with van der Waals surface area (Å²) in [6.45, 7) is 0. The maximum atomic E-state index is 10.7. The predicted molar refractivity (Wildman–Crippen MR) is 103 cm³/mol. The Balaban J connectivity index is 0.000000283. The molecule has 150 valence electrons. The number of hydrogen-bond acceptors (Lipinski definition) is 6. The average molecular weight is 389 g/mol. The summed E-state index contributed by atoms with van der Waals surface area (Å²) in [5.41, 5.74) is 6.98. The summed E-state index contributed by atoms with van der Waals surface area (Å²) in [6, 6.07) is 13.7. The summed E-state index contributed by atoms with van der Waals surface area (Å²) in [5, 5.41) is 30.4. The van der Waals surface area contributed by atoms with E-state index in [9.17, 15) is 19.7 Å². The van der Waals surface area contributed by atoms with Gasteiger partial charge in [-0.15, -0.1) is 0 Å². The van der Waals surface area contributed by atoms with Crippen molar-refractivity contribution in [3.05, 3.63) is 75.8 Å². The maximum Gasteiger partial charge on any atom is 0.321 e. The van der Waals surface area contributed by atoms with Crippen LogP contribution in [0.3, 0.4) is 0 Å². The molecule has 0 bridgehead atoms. The highest BCUT2D eigenvalue weighted by atomic mass is 16.6. The molecule has 0 fully saturated rings. The van der Waals surface area contributed by atoms with Gasteiger partial charge in [0.1, 0.15) is 12.1 Å². The number of nitro benzene ring substituents is 1. The first-order chi connectivity index (χ1) is 13.2. The number of nitrogens with zero attached hydrogens (tertiary/aromatic N) is 1. The Morgan fingerprint density at radius 1 is 1.00 bits per heavy atom. The Morgan fingerprint density at radius 3 is 1.96 bits per heavy atom. The van der Waals surface area contributed by atoms with E-state index in [-0.39, 0.29) is 12.1 Å². The highest BCUT2D eigenvalue weighted by Crippen LogP contribution is 2.12. The third-order valence-electron chi connectivity index (χ3n) is 3.85. The van der Waals surface area contributed by atoms with E-state index < -0.39 is 28.9 Å². The van der Waals surface area contributed by atoms with E-state index in [1.54, 1.807) is 7.05 Å². The first kappa shape index (κ1) is 22.7. The molecule has 0 radical (unpaired) electrons. The Morgan fingerprint density at radius 2 is 1.54 bits per heavy atom. The van der Waals surface area contributed by atoms with E-state index in [4.69, 9.17) is 15.9 Å². The molecule has 0 amide bonds. The summed E-state index contributed by atoms with van der Waals surface area (Å²) >= 11 is 0. The van der Waals surface area contributed by atoms with Gasteiger partial charge in [0.15, 0.2) is 0 Å². The molecule has 0 saturated heterocycles. The lowest BCUT2D eigenvalue weighted by Crippen LogP contribution is -2.35. The number of nitrogens with two attached hydrogens (primary N) is 1. The van der Waals surface area contributed by atoms with Gasteiger partial charge in [0, 0.05) is 12.1 Å². The van der Waals surface area contributed by atoms with Crippen molar-refractivity contribution in [2.75, 3.05) is 7.05 Å². The topological polar surface area (TPSA) is 156 Å². The Labute approximate surface area is 162 Å². The number of carbonyl (C=O) groups is 2. The largest absolute Gasteiger partial charge is 0.480 e. The monoisotopic (exact) mass is 389 g/mol. The van der Waals surface area contributed by atoms with Gasteiger partial charge in [-0.25, -0.2) is 0 Å². The van der Waals surface area contributed by atoms with Gasteiger partial charge in [-0.05, 0) is 31.0 Å². The molecule has 0 aromatic heterocycles. The van der Waals surface area contributed by atoms with Crippen molar-refractivity contribution in [1.82, 2.24) is 5.32 Å². The lowest BCUT2D eigenvalue weighted by molar-refractivity contribution is -0.384. The van der Waals surface area contributed by atoms with Crippen molar-refractivity contribution in [1.29, 1.82) is 0 Å². The first-order valence-electron chi connectivity index (χ1n) is 8.40. The van der Waals surface area contributed by atoms with E-state index in [0.29, 0.717) is 12.0 Å². The van der Waals surface area contributed by atoms with E-state index in [2.05, 4.69) is 5.32 Å². The van der Waals surface area contributed by atoms with Crippen LogP contribution < -0.4 is 11.1 Å². The van der Waals surface area contributed by atoms with Gasteiger partial charge in [0.25, 0.3) is 5.69 Å². The van der Waals surface area contributed by atoms with Crippen LogP contribution in [0.1, 0.15) is 11.1 Å². The summed E-state index contributed by atoms with van der Waals surface area (Å²) in [6.07, 6.45) is 0.681. The lowest BCUT2D eigenvalue weighted by atomic mass is 10.1. The quantitative estimate of drug-likeness (QED) is 0.390. The molecule has 9 nitrogen and oxygen atoms in total. The van der Waals surface area contributed by atoms with Crippen molar-refractivity contribution in [2.45, 2.75) is 24.9 Å². The fourth-order valence-corrected chi connectivity index (χ4v) is 2.26. The number of hydrogen-bond donors (Lipinski definition) is 4. The van der Waals surface area contributed by atoms with E-state index in [1.807, 2.05) is 30.3 Å². The van der Waals surface area contributed by atoms with Crippen LogP contribution in [0.5, 0.6) is 0 Å². The van der Waals surface area contributed by atoms with Crippen LogP contribution in [-0.4, -0.2) is 46.2 Å². The molecule has 0 heterocycles. The molecule has 28 heavy (non-hydrogen) atoms. The lowest BCUT2D eigenvalue weighted by Gasteiger charge is -2.10. The van der Waals surface area contributed by atoms with Gasteiger partial charge in [-0.3, -0.25) is 19.7 Å². The van der Waals surface area contributed by atoms with Crippen molar-refractivity contribution >= 4 is 17.6 Å². The van der Waals surface area contributed by atoms with Crippen LogP contribution in [0.25, 0.3) is 0 Å². The number of nitrogens with one attached hydrogen (secondary N) is 1. The van der Waals surface area contributed by atoms with Crippen molar-refractivity contribution in [3.63, 3.8) is 0 Å². The summed E-state index contributed by atoms with van der Waals surface area (Å²) in [5.74, 6) is -1.90. The molecule has 2 aromatic rings. The van der Waals surface area contributed by atoms with Crippen LogP contribution >= 0.6 is 0 Å². The number of benzene rings is 2. The number of nitro groups is 1. The van der Waals surface area contributed by atoms with Gasteiger partial charge in [0.05, 0.1) is 4.92 Å². The summed E-state index contributed by atoms with van der Waals surface area (Å²) in [7, 11) is 1.65. The molecule has 5 N–H and O–H groups in total. The minimum atomic E-state index is -1.09. The zero-order valence-electron chi connectivity index (χ0n) is 15.3. The highest BCUT2D eigenvalue weighted by molar-refractivity contribution is 5.74. The van der Waals surface area contributed by atoms with Gasteiger partial charge < -0.3 is 21.3 Å². The molecule has 0 aliphatic carbocycles. The maximum absolute atomic E-state index is 10.7. The molecule has 2 aromatic carbocycles. The van der Waals surface area contributed by atoms with E-state index >= 15 is 0 Å². The predicted octanol–water partition coefficient (Wildman–Crippen LogP) is 1.45. The van der Waals surface area contributed by atoms with Gasteiger partial charge in [-0.1, -0.05) is 42.5 Å². The second kappa shape index (κ2) is 11.4. The number of carboxylic acids is 2. The zero-order chi connectivity index (χ0) is 21.1. The average Bonchev–Trinajstić information content (AvgIpc) is 2.67. The zero-order valence-corrected chi connectivity index (χ0v) is 15.3. The fourth-order valence-electron chi connectivity index (χ4n) is 2.26. The van der Waals surface area contributed by atoms with Crippen molar-refractivity contribution in [2.24, 2.45) is 5.73 Å². The minimum Gasteiger partial charge on any atom is -0.480 e. The molecule has 2 atom stereocenters. The van der Waals surface area contributed by atoms with Crippen LogP contribution in [0, 0.1) is 10.1 Å². The Hall–Kier alpha value is -3.30. The van der Waals surface area contributed by atoms with Crippen LogP contribution in [-0.2, 0) is 22.4 Å². The minimum absolute atomic E-state index is 0.0253. The van der Waals surface area contributed by atoms with Crippen LogP contribution in [0.2, 0.25) is 0 Å². The second-order valence-electron chi connectivity index (χ2n) is 5.94. The SMILES string of the molecule is CN[C@@H](Cc1ccccc1)C(=O)O.N[C@@H](Cc1ccc([N+](=O)[O-])cc1)C(=O)O. The molecular formula is C19H23N3O6. The molecule has 0 unspecified atom stereocenters. The van der Waals surface area contributed by atoms with Crippen molar-refractivity contribution < 1.29 is 24.7 Å². The third kappa shape index (κ3) is 7.94. The van der Waals surface area contributed by atoms with E-state index in [1.165, 1.54) is 24.3 Å². The number of carboxylic acid groups (broad SMARTS) is 2. The Kier molecular flexibility index (Phi) is 9.28. The smallest absolute Gasteiger partial charge is 0.321 e. The third-order valence-corrected chi connectivity index (χ3v) is 3.85.